The third-order valence-corrected chi connectivity index (χ3v) is 5.05. The Kier molecular flexibility index (Phi) is 8.81. The van der Waals surface area contributed by atoms with Crippen LogP contribution in [0.25, 0.3) is 22.4 Å². The summed E-state index contributed by atoms with van der Waals surface area (Å²) in [6.07, 6.45) is 4.10. The number of halogens is 6. The number of ketones is 1. The van der Waals surface area contributed by atoms with E-state index in [2.05, 4.69) is 39.8 Å². The molecule has 0 bridgehead atoms. The van der Waals surface area contributed by atoms with Crippen LogP contribution in [0.5, 0.6) is 0 Å². The fourth-order valence-corrected chi connectivity index (χ4v) is 3.56. The van der Waals surface area contributed by atoms with Crippen molar-refractivity contribution in [3.8, 4) is 0 Å². The molecule has 0 aliphatic heterocycles. The molecule has 14 heteroatoms. The minimum absolute atomic E-state index is 0.124. The molecule has 2 aromatic carbocycles. The predicted molar refractivity (Wildman–Crippen MR) is 129 cm³/mol. The normalized spacial score (nSPS) is 13.1. The summed E-state index contributed by atoms with van der Waals surface area (Å²) in [6, 6.07) is 13.3. The molecule has 6 nitrogen and oxygen atoms in total. The third kappa shape index (κ3) is 12.8. The van der Waals surface area contributed by atoms with Gasteiger partial charge in [-0.1, -0.05) is 23.5 Å². The van der Waals surface area contributed by atoms with E-state index in [1.54, 1.807) is 29.5 Å². The van der Waals surface area contributed by atoms with E-state index in [0.717, 1.165) is 26.5 Å². The Morgan fingerprint density at radius 2 is 1.49 bits per heavy atom. The number of fused-ring (bicyclic) bond motifs is 1. The number of anilines is 1. The van der Waals surface area contributed by atoms with E-state index in [-0.39, 0.29) is 16.4 Å². The molecule has 0 aliphatic rings. The first-order chi connectivity index (χ1) is 15.6. The van der Waals surface area contributed by atoms with Crippen molar-refractivity contribution in [1.82, 2.24) is 0 Å². The number of hydrogen-bond donors (Lipinski definition) is 0. The molecule has 0 unspecified atom stereocenters. The molecular formula is C21H24F6N3O3PS. The summed E-state index contributed by atoms with van der Waals surface area (Å²) in [5.74, 6) is 0.167. The number of nitro groups is 1. The van der Waals surface area contributed by atoms with Crippen LogP contribution in [0.4, 0.5) is 36.6 Å². The average molecular weight is 543 g/mol. The van der Waals surface area contributed by atoms with Gasteiger partial charge in [0.1, 0.15) is 17.5 Å². The van der Waals surface area contributed by atoms with Crippen molar-refractivity contribution >= 4 is 58.7 Å². The van der Waals surface area contributed by atoms with Crippen LogP contribution in [-0.4, -0.2) is 24.8 Å². The van der Waals surface area contributed by atoms with Gasteiger partial charge in [0.25, 0.3) is 10.7 Å². The molecule has 0 amide bonds. The molecule has 0 saturated heterocycles. The third-order valence-electron chi connectivity index (χ3n) is 3.89. The molecule has 3 rings (SSSR count). The number of hydrogen-bond acceptors (Lipinski definition) is 5. The van der Waals surface area contributed by atoms with Crippen LogP contribution < -0.4 is 9.47 Å². The zero-order valence-electron chi connectivity index (χ0n) is 19.4. The Morgan fingerprint density at radius 3 is 1.91 bits per heavy atom. The fraction of sp³-hybridized carbons (Fsp3) is 0.238. The molecule has 1 heterocycles. The summed E-state index contributed by atoms with van der Waals surface area (Å²) in [5, 5.41) is 12.0. The van der Waals surface area contributed by atoms with Crippen LogP contribution in [0.15, 0.2) is 42.5 Å². The van der Waals surface area contributed by atoms with Crippen LogP contribution in [0.3, 0.4) is 0 Å². The van der Waals surface area contributed by atoms with E-state index in [4.69, 9.17) is 0 Å². The van der Waals surface area contributed by atoms with E-state index in [9.17, 15) is 40.1 Å². The van der Waals surface area contributed by atoms with Gasteiger partial charge in [-0.15, -0.1) is 0 Å². The summed E-state index contributed by atoms with van der Waals surface area (Å²) >= 11 is 1.55. The van der Waals surface area contributed by atoms with Gasteiger partial charge in [0.2, 0.25) is 5.52 Å². The van der Waals surface area contributed by atoms with E-state index in [1.807, 2.05) is 27.2 Å². The zero-order valence-corrected chi connectivity index (χ0v) is 21.1. The molecule has 3 aromatic rings. The van der Waals surface area contributed by atoms with Crippen LogP contribution in [0, 0.1) is 10.1 Å². The Hall–Kier alpha value is -3.05. The van der Waals surface area contributed by atoms with Gasteiger partial charge in [-0.2, -0.15) is 4.57 Å². The van der Waals surface area contributed by atoms with Gasteiger partial charge in [-0.25, -0.2) is 0 Å². The summed E-state index contributed by atoms with van der Waals surface area (Å²) < 4.78 is 62.2. The number of nitro benzene ring substituents is 1. The van der Waals surface area contributed by atoms with Gasteiger partial charge in [-0.05, 0) is 37.6 Å². The van der Waals surface area contributed by atoms with Gasteiger partial charge < -0.3 is 9.69 Å². The number of carbonyl (C=O) groups excluding carboxylic acids is 1. The number of non-ortho nitro benzene ring substituents is 1. The van der Waals surface area contributed by atoms with Crippen LogP contribution in [0.2, 0.25) is 0 Å². The van der Waals surface area contributed by atoms with Crippen molar-refractivity contribution in [2.45, 2.75) is 13.8 Å². The van der Waals surface area contributed by atoms with Crippen LogP contribution in [0.1, 0.15) is 24.4 Å². The van der Waals surface area contributed by atoms with Crippen molar-refractivity contribution in [1.29, 1.82) is 0 Å². The van der Waals surface area contributed by atoms with Gasteiger partial charge in [0, 0.05) is 44.1 Å². The Morgan fingerprint density at radius 1 is 1.00 bits per heavy atom. The van der Waals surface area contributed by atoms with Gasteiger partial charge in [-0.3, -0.25) is 10.1 Å². The molecule has 1 aromatic heterocycles. The molecule has 0 spiro atoms. The topological polar surface area (TPSA) is 67.3 Å². The zero-order chi connectivity index (χ0) is 27.3. The molecule has 0 fully saturated rings. The molecule has 0 atom stereocenters. The number of aryl methyl sites for hydroxylation is 1. The first kappa shape index (κ1) is 30.0. The number of rotatable bonds is 4. The minimum atomic E-state index is -10.7. The molecular weight excluding hydrogens is 519 g/mol. The molecule has 0 N–H and O–H groups in total. The molecule has 0 radical (unpaired) electrons. The monoisotopic (exact) mass is 543 g/mol. The summed E-state index contributed by atoms with van der Waals surface area (Å²) in [7, 11) is -4.66. The maximum absolute atomic E-state index is 10.9. The molecule has 0 aliphatic carbocycles. The second-order valence-electron chi connectivity index (χ2n) is 7.59. The molecule has 35 heavy (non-hydrogen) atoms. The van der Waals surface area contributed by atoms with Crippen molar-refractivity contribution in [2.75, 3.05) is 19.0 Å². The van der Waals surface area contributed by atoms with E-state index in [0.29, 0.717) is 0 Å². The maximum atomic E-state index is 10.9. The van der Waals surface area contributed by atoms with Crippen molar-refractivity contribution in [3.05, 3.63) is 63.1 Å². The number of Topliss-reactive ketones (excluding diaryl/α,β-unsaturated/α-hetero) is 1. The molecule has 0 saturated carbocycles. The predicted octanol–water partition coefficient (Wildman–Crippen LogP) is 7.85. The van der Waals surface area contributed by atoms with Gasteiger partial charge in [0.15, 0.2) is 0 Å². The van der Waals surface area contributed by atoms with Crippen LogP contribution in [-0.2, 0) is 11.8 Å². The Balaban J connectivity index is 0.000000468. The second-order valence-corrected chi connectivity index (χ2v) is 10.6. The van der Waals surface area contributed by atoms with E-state index < -0.39 is 7.81 Å². The quantitative estimate of drug-likeness (QED) is 0.111. The van der Waals surface area contributed by atoms with E-state index >= 15 is 0 Å². The second kappa shape index (κ2) is 10.3. The van der Waals surface area contributed by atoms with Crippen molar-refractivity contribution in [2.24, 2.45) is 7.05 Å². The van der Waals surface area contributed by atoms with Crippen molar-refractivity contribution < 1.29 is 39.5 Å². The van der Waals surface area contributed by atoms with Crippen molar-refractivity contribution in [3.63, 3.8) is 0 Å². The first-order valence-corrected chi connectivity index (χ1v) is 12.5. The number of aromatic nitrogens is 1. The van der Waals surface area contributed by atoms with Gasteiger partial charge in [0.05, 0.1) is 4.92 Å². The summed E-state index contributed by atoms with van der Waals surface area (Å²) in [6.45, 7) is 3.06. The summed E-state index contributed by atoms with van der Waals surface area (Å²) in [4.78, 5) is 22.1. The van der Waals surface area contributed by atoms with E-state index in [1.165, 1.54) is 13.8 Å². The first-order valence-electron chi connectivity index (χ1n) is 9.70. The number of carbonyl (C=O) groups is 1. The summed E-state index contributed by atoms with van der Waals surface area (Å²) in [5.41, 5.74) is 3.39. The standard InChI is InChI=1S/C18H18N3O2S.C3H6O.F6P/c1-19(2)14-7-4-13(5-8-14)6-11-18-20(3)16-10-9-15(21(22)23)12-17(16)24-18;1-3(2)4;1-7(2,3,4,5)6/h4-12H,1-3H3;1-2H3;/q+1;;-1. The SMILES string of the molecule is CC(C)=O.CN(C)c1ccc(/C=C/c2sc3cc([N+](=O)[O-])ccc3[n+]2C)cc1.F[P-](F)(F)(F)(F)F. The van der Waals surface area contributed by atoms with Gasteiger partial charge >= 0.3 is 33.0 Å². The average Bonchev–Trinajstić information content (AvgIpc) is 2.99. The van der Waals surface area contributed by atoms with Crippen LogP contribution >= 0.6 is 19.1 Å². The Bertz CT molecular complexity index is 1230. The number of nitrogens with zero attached hydrogens (tertiary/aromatic N) is 3. The number of benzene rings is 2. The molecule has 194 valence electrons. The number of thiazole rings is 1. The Labute approximate surface area is 201 Å². The fourth-order valence-electron chi connectivity index (χ4n) is 2.47.